The number of carbonyl (C=O) groups excluding carboxylic acids is 1. The largest absolute Gasteiger partial charge is 0.294 e. The number of pyridine rings is 1. The third kappa shape index (κ3) is 3.22. The molecule has 0 amide bonds. The van der Waals surface area contributed by atoms with Crippen molar-refractivity contribution in [1.29, 1.82) is 0 Å². The minimum atomic E-state index is -0.0439. The number of carbonyl (C=O) groups is 1. The molecule has 18 heavy (non-hydrogen) atoms. The maximum absolute atomic E-state index is 12.0. The predicted molar refractivity (Wildman–Crippen MR) is 73.7 cm³/mol. The molecule has 0 atom stereocenters. The van der Waals surface area contributed by atoms with Gasteiger partial charge in [-0.3, -0.25) is 4.79 Å². The molecular weight excluding hydrogens is 293 g/mol. The molecule has 0 N–H and O–H groups in total. The highest BCUT2D eigenvalue weighted by molar-refractivity contribution is 6.42. The van der Waals surface area contributed by atoms with Gasteiger partial charge in [0.05, 0.1) is 10.0 Å². The monoisotopic (exact) mass is 299 g/mol. The van der Waals surface area contributed by atoms with Crippen molar-refractivity contribution >= 4 is 40.6 Å². The Morgan fingerprint density at radius 2 is 1.83 bits per heavy atom. The smallest absolute Gasteiger partial charge is 0.168 e. The highest BCUT2D eigenvalue weighted by Crippen LogP contribution is 2.23. The van der Waals surface area contributed by atoms with Crippen LogP contribution in [0, 0.1) is 0 Å². The molecule has 1 aromatic carbocycles. The van der Waals surface area contributed by atoms with Crippen molar-refractivity contribution in [2.24, 2.45) is 0 Å². The second kappa shape index (κ2) is 5.70. The maximum atomic E-state index is 12.0. The number of hydrogen-bond donors (Lipinski definition) is 0. The van der Waals surface area contributed by atoms with Crippen LogP contribution in [0.25, 0.3) is 0 Å². The van der Waals surface area contributed by atoms with Crippen LogP contribution in [-0.4, -0.2) is 10.8 Å². The first kappa shape index (κ1) is 13.3. The Morgan fingerprint density at radius 3 is 2.44 bits per heavy atom. The van der Waals surface area contributed by atoms with Crippen LogP contribution in [0.1, 0.15) is 15.9 Å². The van der Waals surface area contributed by atoms with Crippen LogP contribution in [0.15, 0.2) is 36.5 Å². The van der Waals surface area contributed by atoms with Crippen LogP contribution < -0.4 is 0 Å². The lowest BCUT2D eigenvalue weighted by atomic mass is 10.0. The summed E-state index contributed by atoms with van der Waals surface area (Å²) in [5.41, 5.74) is 1.33. The molecule has 2 nitrogen and oxygen atoms in total. The van der Waals surface area contributed by atoms with E-state index in [1.54, 1.807) is 30.3 Å². The summed E-state index contributed by atoms with van der Waals surface area (Å²) < 4.78 is 0. The fraction of sp³-hybridized carbons (Fsp3) is 0.0769. The minimum Gasteiger partial charge on any atom is -0.294 e. The van der Waals surface area contributed by atoms with Gasteiger partial charge in [-0.15, -0.1) is 0 Å². The lowest BCUT2D eigenvalue weighted by Gasteiger charge is -2.03. The van der Waals surface area contributed by atoms with E-state index in [0.717, 1.165) is 5.56 Å². The summed E-state index contributed by atoms with van der Waals surface area (Å²) in [6, 6.07) is 8.37. The molecule has 0 aliphatic carbocycles. The molecule has 0 fully saturated rings. The molecule has 0 saturated heterocycles. The van der Waals surface area contributed by atoms with Gasteiger partial charge in [-0.25, -0.2) is 4.98 Å². The zero-order valence-corrected chi connectivity index (χ0v) is 11.4. The van der Waals surface area contributed by atoms with Gasteiger partial charge in [-0.2, -0.15) is 0 Å². The van der Waals surface area contributed by atoms with Crippen LogP contribution in [0.5, 0.6) is 0 Å². The third-order valence-corrected chi connectivity index (χ3v) is 3.36. The first-order valence-corrected chi connectivity index (χ1v) is 6.28. The van der Waals surface area contributed by atoms with Crippen molar-refractivity contribution in [1.82, 2.24) is 4.98 Å². The van der Waals surface area contributed by atoms with E-state index in [-0.39, 0.29) is 12.2 Å². The first-order valence-electron chi connectivity index (χ1n) is 5.15. The van der Waals surface area contributed by atoms with Gasteiger partial charge in [-0.1, -0.05) is 40.9 Å². The van der Waals surface area contributed by atoms with Crippen molar-refractivity contribution in [3.63, 3.8) is 0 Å². The second-order valence-electron chi connectivity index (χ2n) is 3.72. The van der Waals surface area contributed by atoms with E-state index in [0.29, 0.717) is 20.8 Å². The van der Waals surface area contributed by atoms with Crippen molar-refractivity contribution in [3.05, 3.63) is 62.9 Å². The summed E-state index contributed by atoms with van der Waals surface area (Å²) in [5.74, 6) is -0.0439. The number of Topliss-reactive ketones (excluding diaryl/α,β-unsaturated/α-hetero) is 1. The quantitative estimate of drug-likeness (QED) is 0.618. The number of benzene rings is 1. The standard InChI is InChI=1S/C13H8Cl3NO/c14-10-3-1-8(5-11(10)15)6-12(18)9-2-4-13(16)17-7-9/h1-5,7H,6H2. The van der Waals surface area contributed by atoms with Crippen LogP contribution in [0.3, 0.4) is 0 Å². The number of ketones is 1. The average Bonchev–Trinajstić information content (AvgIpc) is 2.34. The lowest BCUT2D eigenvalue weighted by Crippen LogP contribution is -2.03. The molecule has 92 valence electrons. The zero-order valence-electron chi connectivity index (χ0n) is 9.16. The normalized spacial score (nSPS) is 10.4. The van der Waals surface area contributed by atoms with E-state index in [9.17, 15) is 4.79 Å². The van der Waals surface area contributed by atoms with Crippen molar-refractivity contribution < 1.29 is 4.79 Å². The van der Waals surface area contributed by atoms with E-state index in [4.69, 9.17) is 34.8 Å². The van der Waals surface area contributed by atoms with Crippen LogP contribution in [0.4, 0.5) is 0 Å². The Kier molecular flexibility index (Phi) is 4.23. The third-order valence-electron chi connectivity index (χ3n) is 2.40. The van der Waals surface area contributed by atoms with E-state index >= 15 is 0 Å². The summed E-state index contributed by atoms with van der Waals surface area (Å²) in [5, 5.41) is 1.28. The van der Waals surface area contributed by atoms with Crippen LogP contribution in [-0.2, 0) is 6.42 Å². The zero-order chi connectivity index (χ0) is 13.1. The molecule has 0 saturated carbocycles. The summed E-state index contributed by atoms with van der Waals surface area (Å²) >= 11 is 17.4. The fourth-order valence-electron chi connectivity index (χ4n) is 1.48. The molecule has 2 aromatic rings. The molecule has 0 aliphatic rings. The highest BCUT2D eigenvalue weighted by atomic mass is 35.5. The SMILES string of the molecule is O=C(Cc1ccc(Cl)c(Cl)c1)c1ccc(Cl)nc1. The lowest BCUT2D eigenvalue weighted by molar-refractivity contribution is 0.0992. The number of aromatic nitrogens is 1. The van der Waals surface area contributed by atoms with Crippen LogP contribution in [0.2, 0.25) is 15.2 Å². The Hall–Kier alpha value is -1.09. The van der Waals surface area contributed by atoms with Crippen molar-refractivity contribution in [3.8, 4) is 0 Å². The topological polar surface area (TPSA) is 30.0 Å². The highest BCUT2D eigenvalue weighted by Gasteiger charge is 2.08. The molecule has 1 aromatic heterocycles. The van der Waals surface area contributed by atoms with Gasteiger partial charge in [0.1, 0.15) is 5.15 Å². The molecular formula is C13H8Cl3NO. The maximum Gasteiger partial charge on any atom is 0.168 e. The van der Waals surface area contributed by atoms with Crippen LogP contribution >= 0.6 is 34.8 Å². The Morgan fingerprint density at radius 1 is 1.06 bits per heavy atom. The van der Waals surface area contributed by atoms with E-state index in [1.165, 1.54) is 6.20 Å². The average molecular weight is 301 g/mol. The summed E-state index contributed by atoms with van der Waals surface area (Å²) in [4.78, 5) is 15.8. The first-order chi connectivity index (χ1) is 8.56. The van der Waals surface area contributed by atoms with Crippen molar-refractivity contribution in [2.45, 2.75) is 6.42 Å². The molecule has 2 rings (SSSR count). The summed E-state index contributed by atoms with van der Waals surface area (Å²) in [6.45, 7) is 0. The van der Waals surface area contributed by atoms with Crippen molar-refractivity contribution in [2.75, 3.05) is 0 Å². The summed E-state index contributed by atoms with van der Waals surface area (Å²) in [7, 11) is 0. The summed E-state index contributed by atoms with van der Waals surface area (Å²) in [6.07, 6.45) is 1.71. The van der Waals surface area contributed by atoms with Gasteiger partial charge >= 0.3 is 0 Å². The number of rotatable bonds is 3. The fourth-order valence-corrected chi connectivity index (χ4v) is 1.91. The van der Waals surface area contributed by atoms with Gasteiger partial charge in [0, 0.05) is 18.2 Å². The molecule has 0 radical (unpaired) electrons. The van der Waals surface area contributed by atoms with Gasteiger partial charge in [-0.05, 0) is 29.8 Å². The molecule has 1 heterocycles. The molecule has 0 bridgehead atoms. The van der Waals surface area contributed by atoms with Gasteiger partial charge < -0.3 is 0 Å². The van der Waals surface area contributed by atoms with Gasteiger partial charge in [0.25, 0.3) is 0 Å². The molecule has 0 spiro atoms. The van der Waals surface area contributed by atoms with E-state index in [2.05, 4.69) is 4.98 Å². The Labute approximate surface area is 120 Å². The Balaban J connectivity index is 2.16. The number of halogens is 3. The number of hydrogen-bond acceptors (Lipinski definition) is 2. The minimum absolute atomic E-state index is 0.0439. The number of nitrogens with zero attached hydrogens (tertiary/aromatic N) is 1. The Bertz CT molecular complexity index is 581. The van der Waals surface area contributed by atoms with E-state index in [1.807, 2.05) is 0 Å². The molecule has 0 aliphatic heterocycles. The second-order valence-corrected chi connectivity index (χ2v) is 4.92. The predicted octanol–water partition coefficient (Wildman–Crippen LogP) is 4.47. The van der Waals surface area contributed by atoms with Gasteiger partial charge in [0.15, 0.2) is 5.78 Å². The molecule has 5 heteroatoms. The van der Waals surface area contributed by atoms with E-state index < -0.39 is 0 Å². The van der Waals surface area contributed by atoms with Gasteiger partial charge in [0.2, 0.25) is 0 Å². The molecule has 0 unspecified atom stereocenters.